The van der Waals surface area contributed by atoms with E-state index in [2.05, 4.69) is 0 Å². The number of nitro groups is 1. The molecule has 0 spiro atoms. The second-order valence-electron chi connectivity index (χ2n) is 3.52. The molecule has 1 heterocycles. The molecule has 0 saturated carbocycles. The molecule has 0 N–H and O–H groups in total. The molecule has 2 aromatic rings. The van der Waals surface area contributed by atoms with E-state index in [0.29, 0.717) is 11.9 Å². The van der Waals surface area contributed by atoms with Crippen LogP contribution in [0.15, 0.2) is 46.9 Å². The lowest BCUT2D eigenvalue weighted by Gasteiger charge is -1.97. The summed E-state index contributed by atoms with van der Waals surface area (Å²) in [6.45, 7) is 0. The van der Waals surface area contributed by atoms with Gasteiger partial charge in [0.15, 0.2) is 6.29 Å². The summed E-state index contributed by atoms with van der Waals surface area (Å²) in [5, 5.41) is 10.5. The summed E-state index contributed by atoms with van der Waals surface area (Å²) in [5.41, 5.74) is 1.13. The molecule has 0 aliphatic rings. The lowest BCUT2D eigenvalue weighted by molar-refractivity contribution is -0.402. The Morgan fingerprint density at radius 1 is 1.17 bits per heavy atom. The molecule has 5 nitrogen and oxygen atoms in total. The fraction of sp³-hybridized carbons (Fsp3) is 0. The quantitative estimate of drug-likeness (QED) is 0.358. The van der Waals surface area contributed by atoms with Gasteiger partial charge in [0.1, 0.15) is 10.7 Å². The SMILES string of the molecule is O=C/C(=C\c1ccc([N+](=O)[O-])o1)c1ccccc1. The number of aldehydes is 1. The molecular formula is C13H9NO4. The van der Waals surface area contributed by atoms with E-state index >= 15 is 0 Å². The van der Waals surface area contributed by atoms with Crippen LogP contribution >= 0.6 is 0 Å². The van der Waals surface area contributed by atoms with Gasteiger partial charge in [-0.3, -0.25) is 14.9 Å². The molecule has 1 aromatic carbocycles. The van der Waals surface area contributed by atoms with Crippen molar-refractivity contribution >= 4 is 23.8 Å². The van der Waals surface area contributed by atoms with Gasteiger partial charge >= 0.3 is 5.88 Å². The van der Waals surface area contributed by atoms with Gasteiger partial charge in [0.05, 0.1) is 6.07 Å². The van der Waals surface area contributed by atoms with E-state index in [9.17, 15) is 14.9 Å². The maximum atomic E-state index is 11.0. The summed E-state index contributed by atoms with van der Waals surface area (Å²) < 4.78 is 4.96. The van der Waals surface area contributed by atoms with Crippen molar-refractivity contribution in [1.82, 2.24) is 0 Å². The summed E-state index contributed by atoms with van der Waals surface area (Å²) in [6.07, 6.45) is 2.15. The average Bonchev–Trinajstić information content (AvgIpc) is 2.86. The van der Waals surface area contributed by atoms with Gasteiger partial charge < -0.3 is 4.42 Å². The number of allylic oxidation sites excluding steroid dienone is 1. The van der Waals surface area contributed by atoms with E-state index in [4.69, 9.17) is 4.42 Å². The molecule has 0 saturated heterocycles. The van der Waals surface area contributed by atoms with Crippen molar-refractivity contribution in [3.8, 4) is 0 Å². The zero-order valence-electron chi connectivity index (χ0n) is 9.28. The van der Waals surface area contributed by atoms with Gasteiger partial charge in [-0.25, -0.2) is 0 Å². The molecule has 1 aromatic heterocycles. The summed E-state index contributed by atoms with van der Waals surface area (Å²) in [7, 11) is 0. The van der Waals surface area contributed by atoms with Crippen molar-refractivity contribution in [2.75, 3.05) is 0 Å². The van der Waals surface area contributed by atoms with Crippen molar-refractivity contribution in [3.63, 3.8) is 0 Å². The van der Waals surface area contributed by atoms with Crippen LogP contribution < -0.4 is 0 Å². The molecule has 0 radical (unpaired) electrons. The topological polar surface area (TPSA) is 73.3 Å². The number of furan rings is 1. The Hall–Kier alpha value is -2.69. The van der Waals surface area contributed by atoms with Crippen molar-refractivity contribution in [2.24, 2.45) is 0 Å². The molecule has 18 heavy (non-hydrogen) atoms. The largest absolute Gasteiger partial charge is 0.433 e. The average molecular weight is 243 g/mol. The van der Waals surface area contributed by atoms with E-state index in [1.165, 1.54) is 18.2 Å². The monoisotopic (exact) mass is 243 g/mol. The van der Waals surface area contributed by atoms with Crippen LogP contribution in [0.5, 0.6) is 0 Å². The van der Waals surface area contributed by atoms with E-state index in [-0.39, 0.29) is 11.6 Å². The van der Waals surface area contributed by atoms with Crippen LogP contribution in [0.1, 0.15) is 11.3 Å². The Morgan fingerprint density at radius 2 is 1.89 bits per heavy atom. The van der Waals surface area contributed by atoms with Gasteiger partial charge in [-0.1, -0.05) is 30.3 Å². The van der Waals surface area contributed by atoms with Gasteiger partial charge in [-0.15, -0.1) is 0 Å². The van der Waals surface area contributed by atoms with Crippen molar-refractivity contribution in [1.29, 1.82) is 0 Å². The number of rotatable bonds is 4. The third-order valence-corrected chi connectivity index (χ3v) is 2.32. The minimum Gasteiger partial charge on any atom is -0.401 e. The summed E-state index contributed by atoms with van der Waals surface area (Å²) >= 11 is 0. The van der Waals surface area contributed by atoms with Crippen LogP contribution in [-0.2, 0) is 4.79 Å². The van der Waals surface area contributed by atoms with Crippen molar-refractivity contribution < 1.29 is 14.1 Å². The smallest absolute Gasteiger partial charge is 0.401 e. The second kappa shape index (κ2) is 5.09. The highest BCUT2D eigenvalue weighted by Crippen LogP contribution is 2.21. The van der Waals surface area contributed by atoms with Crippen LogP contribution in [0, 0.1) is 10.1 Å². The molecule has 0 amide bonds. The molecule has 0 unspecified atom stereocenters. The van der Waals surface area contributed by atoms with Crippen LogP contribution in [0.25, 0.3) is 11.6 Å². The van der Waals surface area contributed by atoms with Crippen molar-refractivity contribution in [2.45, 2.75) is 0 Å². The Labute approximate surface area is 103 Å². The first-order valence-electron chi connectivity index (χ1n) is 5.17. The Balaban J connectivity index is 2.35. The Bertz CT molecular complexity index is 598. The molecule has 0 bridgehead atoms. The first kappa shape index (κ1) is 11.8. The van der Waals surface area contributed by atoms with Gasteiger partial charge in [-0.05, 0) is 17.7 Å². The normalized spacial score (nSPS) is 11.2. The molecule has 0 atom stereocenters. The molecule has 0 aliphatic carbocycles. The second-order valence-corrected chi connectivity index (χ2v) is 3.52. The Kier molecular flexibility index (Phi) is 3.33. The van der Waals surface area contributed by atoms with Crippen molar-refractivity contribution in [3.05, 3.63) is 63.9 Å². The molecule has 0 fully saturated rings. The highest BCUT2D eigenvalue weighted by atomic mass is 16.6. The van der Waals surface area contributed by atoms with Gasteiger partial charge in [0.2, 0.25) is 0 Å². The lowest BCUT2D eigenvalue weighted by atomic mass is 10.1. The summed E-state index contributed by atoms with van der Waals surface area (Å²) in [4.78, 5) is 20.8. The van der Waals surface area contributed by atoms with E-state index in [1.54, 1.807) is 24.3 Å². The zero-order chi connectivity index (χ0) is 13.0. The number of nitrogens with zero attached hydrogens (tertiary/aromatic N) is 1. The van der Waals surface area contributed by atoms with Crippen LogP contribution in [-0.4, -0.2) is 11.2 Å². The van der Waals surface area contributed by atoms with Gasteiger partial charge in [0.25, 0.3) is 0 Å². The fourth-order valence-corrected chi connectivity index (χ4v) is 1.49. The lowest BCUT2D eigenvalue weighted by Crippen LogP contribution is -1.85. The summed E-state index contributed by atoms with van der Waals surface area (Å²) in [6, 6.07) is 11.7. The third kappa shape index (κ3) is 2.52. The molecule has 5 heteroatoms. The highest BCUT2D eigenvalue weighted by molar-refractivity contribution is 6.13. The van der Waals surface area contributed by atoms with E-state index < -0.39 is 4.92 Å². The first-order chi connectivity index (χ1) is 8.70. The number of hydrogen-bond donors (Lipinski definition) is 0. The summed E-state index contributed by atoms with van der Waals surface area (Å²) in [5.74, 6) is -0.0767. The minimum absolute atomic E-state index is 0.271. The number of carbonyl (C=O) groups is 1. The Morgan fingerprint density at radius 3 is 2.44 bits per heavy atom. The molecule has 0 aliphatic heterocycles. The molecule has 2 rings (SSSR count). The highest BCUT2D eigenvalue weighted by Gasteiger charge is 2.11. The first-order valence-corrected chi connectivity index (χ1v) is 5.17. The zero-order valence-corrected chi connectivity index (χ0v) is 9.28. The van der Waals surface area contributed by atoms with Gasteiger partial charge in [-0.2, -0.15) is 0 Å². The molecule has 90 valence electrons. The molecular weight excluding hydrogens is 234 g/mol. The van der Waals surface area contributed by atoms with Crippen LogP contribution in [0.4, 0.5) is 5.88 Å². The van der Waals surface area contributed by atoms with E-state index in [0.717, 1.165) is 5.56 Å². The predicted octanol–water partition coefficient (Wildman–Crippen LogP) is 2.93. The maximum absolute atomic E-state index is 11.0. The number of hydrogen-bond acceptors (Lipinski definition) is 4. The minimum atomic E-state index is -0.625. The third-order valence-electron chi connectivity index (χ3n) is 2.32. The number of benzene rings is 1. The van der Waals surface area contributed by atoms with E-state index in [1.807, 2.05) is 6.07 Å². The predicted molar refractivity (Wildman–Crippen MR) is 65.7 cm³/mol. The van der Waals surface area contributed by atoms with Crippen LogP contribution in [0.2, 0.25) is 0 Å². The fourth-order valence-electron chi connectivity index (χ4n) is 1.49. The van der Waals surface area contributed by atoms with Crippen LogP contribution in [0.3, 0.4) is 0 Å². The number of carbonyl (C=O) groups excluding carboxylic acids is 1. The van der Waals surface area contributed by atoms with Gasteiger partial charge in [0, 0.05) is 5.57 Å². The maximum Gasteiger partial charge on any atom is 0.433 e. The standard InChI is InChI=1S/C13H9NO4/c15-9-11(10-4-2-1-3-5-10)8-12-6-7-13(18-12)14(16)17/h1-9H/b11-8+.